The maximum atomic E-state index is 13.1. The van der Waals surface area contributed by atoms with Gasteiger partial charge in [0.25, 0.3) is 0 Å². The lowest BCUT2D eigenvalue weighted by Crippen LogP contribution is -1.95. The number of nitriles is 1. The first-order chi connectivity index (χ1) is 6.19. The standard InChI is InChI=1S/C9H5BrFNO/c10-8(5-13)7-2-1-6(4-12)3-9(7)11/h1-3,5,8H. The van der Waals surface area contributed by atoms with Gasteiger partial charge in [-0.15, -0.1) is 0 Å². The van der Waals surface area contributed by atoms with Crippen LogP contribution in [0.3, 0.4) is 0 Å². The van der Waals surface area contributed by atoms with E-state index in [1.165, 1.54) is 12.1 Å². The predicted octanol–water partition coefficient (Wildman–Crippen LogP) is 2.33. The highest BCUT2D eigenvalue weighted by molar-refractivity contribution is 9.09. The summed E-state index contributed by atoms with van der Waals surface area (Å²) in [5, 5.41) is 8.45. The molecule has 0 N–H and O–H groups in total. The Hall–Kier alpha value is -1.21. The summed E-state index contributed by atoms with van der Waals surface area (Å²) in [6.45, 7) is 0. The number of benzene rings is 1. The van der Waals surface area contributed by atoms with Gasteiger partial charge in [-0.3, -0.25) is 0 Å². The van der Waals surface area contributed by atoms with Crippen LogP contribution in [0.5, 0.6) is 0 Å². The summed E-state index contributed by atoms with van der Waals surface area (Å²) in [5.74, 6) is -0.548. The monoisotopic (exact) mass is 241 g/mol. The second kappa shape index (κ2) is 4.15. The Kier molecular flexibility index (Phi) is 3.15. The molecule has 0 aliphatic carbocycles. The van der Waals surface area contributed by atoms with Crippen LogP contribution in [0.15, 0.2) is 18.2 Å². The van der Waals surface area contributed by atoms with Gasteiger partial charge >= 0.3 is 0 Å². The van der Waals surface area contributed by atoms with E-state index in [9.17, 15) is 9.18 Å². The maximum absolute atomic E-state index is 13.1. The number of rotatable bonds is 2. The van der Waals surface area contributed by atoms with Crippen LogP contribution >= 0.6 is 15.9 Å². The van der Waals surface area contributed by atoms with Gasteiger partial charge in [0.15, 0.2) is 0 Å². The molecule has 0 spiro atoms. The smallest absolute Gasteiger partial charge is 0.138 e. The molecule has 0 bridgehead atoms. The first kappa shape index (κ1) is 9.87. The minimum absolute atomic E-state index is 0.242. The number of halogens is 2. The van der Waals surface area contributed by atoms with Crippen LogP contribution in [0.4, 0.5) is 4.39 Å². The van der Waals surface area contributed by atoms with Crippen molar-refractivity contribution in [2.24, 2.45) is 0 Å². The molecule has 13 heavy (non-hydrogen) atoms. The molecule has 0 aromatic heterocycles. The van der Waals surface area contributed by atoms with E-state index in [1.54, 1.807) is 0 Å². The highest BCUT2D eigenvalue weighted by Crippen LogP contribution is 2.23. The normalized spacial score (nSPS) is 11.8. The Labute approximate surface area is 83.1 Å². The highest BCUT2D eigenvalue weighted by atomic mass is 79.9. The number of carbonyl (C=O) groups excluding carboxylic acids is 1. The Balaban J connectivity index is 3.13. The second-order valence-corrected chi connectivity index (χ2v) is 3.37. The first-order valence-corrected chi connectivity index (χ1v) is 4.39. The van der Waals surface area contributed by atoms with Crippen molar-refractivity contribution in [3.8, 4) is 6.07 Å². The third-order valence-corrected chi connectivity index (χ3v) is 2.26. The quantitative estimate of drug-likeness (QED) is 0.589. The van der Waals surface area contributed by atoms with Crippen molar-refractivity contribution in [3.05, 3.63) is 35.1 Å². The molecule has 1 unspecified atom stereocenters. The number of aldehydes is 1. The molecular formula is C9H5BrFNO. The fraction of sp³-hybridized carbons (Fsp3) is 0.111. The van der Waals surface area contributed by atoms with E-state index in [0.29, 0.717) is 6.29 Å². The number of hydrogen-bond donors (Lipinski definition) is 0. The van der Waals surface area contributed by atoms with Crippen molar-refractivity contribution in [1.29, 1.82) is 5.26 Å². The molecule has 0 saturated carbocycles. The summed E-state index contributed by atoms with van der Waals surface area (Å²) in [7, 11) is 0. The third-order valence-electron chi connectivity index (χ3n) is 1.55. The van der Waals surface area contributed by atoms with E-state index >= 15 is 0 Å². The minimum atomic E-state index is -0.653. The zero-order chi connectivity index (χ0) is 9.84. The summed E-state index contributed by atoms with van der Waals surface area (Å²) < 4.78 is 13.1. The van der Waals surface area contributed by atoms with Gasteiger partial charge in [-0.05, 0) is 12.1 Å². The van der Waals surface area contributed by atoms with Gasteiger partial charge in [0, 0.05) is 5.56 Å². The molecule has 1 aromatic rings. The topological polar surface area (TPSA) is 40.9 Å². The Morgan fingerprint density at radius 2 is 2.31 bits per heavy atom. The lowest BCUT2D eigenvalue weighted by molar-refractivity contribution is -0.107. The molecule has 66 valence electrons. The number of nitrogens with zero attached hydrogens (tertiary/aromatic N) is 1. The van der Waals surface area contributed by atoms with E-state index in [4.69, 9.17) is 5.26 Å². The van der Waals surface area contributed by atoms with Crippen LogP contribution in [0, 0.1) is 17.1 Å². The van der Waals surface area contributed by atoms with E-state index in [2.05, 4.69) is 15.9 Å². The van der Waals surface area contributed by atoms with Crippen molar-refractivity contribution in [2.45, 2.75) is 4.83 Å². The fourth-order valence-corrected chi connectivity index (χ4v) is 1.26. The van der Waals surface area contributed by atoms with Gasteiger partial charge in [0.05, 0.1) is 16.5 Å². The van der Waals surface area contributed by atoms with Gasteiger partial charge in [0.1, 0.15) is 12.1 Å². The number of alkyl halides is 1. The second-order valence-electron chi connectivity index (χ2n) is 2.39. The van der Waals surface area contributed by atoms with Crippen LogP contribution in [-0.4, -0.2) is 6.29 Å². The Morgan fingerprint density at radius 1 is 1.62 bits per heavy atom. The minimum Gasteiger partial charge on any atom is -0.302 e. The molecule has 0 saturated heterocycles. The zero-order valence-corrected chi connectivity index (χ0v) is 8.08. The SMILES string of the molecule is N#Cc1ccc(C(Br)C=O)c(F)c1. The van der Waals surface area contributed by atoms with Crippen molar-refractivity contribution < 1.29 is 9.18 Å². The molecule has 4 heteroatoms. The summed E-state index contributed by atoms with van der Waals surface area (Å²) in [4.78, 5) is 9.68. The van der Waals surface area contributed by atoms with E-state index in [-0.39, 0.29) is 11.1 Å². The number of hydrogen-bond acceptors (Lipinski definition) is 2. The average Bonchev–Trinajstić information content (AvgIpc) is 2.16. The molecule has 1 atom stereocenters. The molecule has 0 heterocycles. The maximum Gasteiger partial charge on any atom is 0.138 e. The van der Waals surface area contributed by atoms with Gasteiger partial charge < -0.3 is 4.79 Å². The molecule has 0 aliphatic rings. The number of carbonyl (C=O) groups is 1. The summed E-state index contributed by atoms with van der Waals surface area (Å²) in [5.41, 5.74) is 0.487. The Bertz CT molecular complexity index is 372. The molecular weight excluding hydrogens is 237 g/mol. The fourth-order valence-electron chi connectivity index (χ4n) is 0.894. The lowest BCUT2D eigenvalue weighted by atomic mass is 10.1. The predicted molar refractivity (Wildman–Crippen MR) is 48.8 cm³/mol. The van der Waals surface area contributed by atoms with Gasteiger partial charge in [-0.25, -0.2) is 4.39 Å². The Morgan fingerprint density at radius 3 is 2.77 bits per heavy atom. The molecule has 1 rings (SSSR count). The van der Waals surface area contributed by atoms with Crippen LogP contribution in [0.25, 0.3) is 0 Å². The molecule has 1 aromatic carbocycles. The molecule has 0 amide bonds. The van der Waals surface area contributed by atoms with E-state index in [0.717, 1.165) is 6.07 Å². The molecule has 2 nitrogen and oxygen atoms in total. The molecule has 0 aliphatic heterocycles. The van der Waals surface area contributed by atoms with E-state index in [1.807, 2.05) is 6.07 Å². The lowest BCUT2D eigenvalue weighted by Gasteiger charge is -2.03. The average molecular weight is 242 g/mol. The largest absolute Gasteiger partial charge is 0.302 e. The van der Waals surface area contributed by atoms with Crippen LogP contribution in [-0.2, 0) is 4.79 Å². The van der Waals surface area contributed by atoms with Gasteiger partial charge in [0.2, 0.25) is 0 Å². The van der Waals surface area contributed by atoms with Crippen molar-refractivity contribution >= 4 is 22.2 Å². The third kappa shape index (κ3) is 2.13. The van der Waals surface area contributed by atoms with Crippen LogP contribution < -0.4 is 0 Å². The zero-order valence-electron chi connectivity index (χ0n) is 6.50. The van der Waals surface area contributed by atoms with Crippen molar-refractivity contribution in [1.82, 2.24) is 0 Å². The summed E-state index contributed by atoms with van der Waals surface area (Å²) >= 11 is 2.99. The van der Waals surface area contributed by atoms with Gasteiger partial charge in [-0.1, -0.05) is 22.0 Å². The van der Waals surface area contributed by atoms with Gasteiger partial charge in [-0.2, -0.15) is 5.26 Å². The van der Waals surface area contributed by atoms with Crippen LogP contribution in [0.2, 0.25) is 0 Å². The van der Waals surface area contributed by atoms with Crippen molar-refractivity contribution in [3.63, 3.8) is 0 Å². The molecule has 0 radical (unpaired) electrons. The van der Waals surface area contributed by atoms with Crippen molar-refractivity contribution in [2.75, 3.05) is 0 Å². The summed E-state index contributed by atoms with van der Waals surface area (Å²) in [6, 6.07) is 5.80. The molecule has 0 fully saturated rings. The van der Waals surface area contributed by atoms with Crippen LogP contribution in [0.1, 0.15) is 16.0 Å². The summed E-state index contributed by atoms with van der Waals surface area (Å²) in [6.07, 6.45) is 0.588. The van der Waals surface area contributed by atoms with E-state index < -0.39 is 10.6 Å². The first-order valence-electron chi connectivity index (χ1n) is 3.48. The highest BCUT2D eigenvalue weighted by Gasteiger charge is 2.11.